The lowest BCUT2D eigenvalue weighted by Crippen LogP contribution is -2.36. The molecule has 0 aliphatic carbocycles. The summed E-state index contributed by atoms with van der Waals surface area (Å²) in [5, 5.41) is 0. The van der Waals surface area contributed by atoms with Gasteiger partial charge in [-0.1, -0.05) is 12.1 Å². The lowest BCUT2D eigenvalue weighted by molar-refractivity contribution is -0.127. The van der Waals surface area contributed by atoms with E-state index in [2.05, 4.69) is 10.9 Å². The average molecular weight is 263 g/mol. The summed E-state index contributed by atoms with van der Waals surface area (Å²) < 4.78 is 5.30. The molecular formula is C13H17N3O3. The number of carbonyl (C=O) groups is 2. The van der Waals surface area contributed by atoms with E-state index in [9.17, 15) is 9.59 Å². The number of rotatable bonds is 5. The highest BCUT2D eigenvalue weighted by Gasteiger charge is 2.23. The Balaban J connectivity index is 1.91. The normalized spacial score (nSPS) is 13.6. The Kier molecular flexibility index (Phi) is 4.13. The number of carbonyl (C=O) groups excluding carboxylic acids is 2. The third kappa shape index (κ3) is 3.10. The Hall–Kier alpha value is -1.92. The summed E-state index contributed by atoms with van der Waals surface area (Å²) in [4.78, 5) is 24.4. The van der Waals surface area contributed by atoms with E-state index in [1.807, 2.05) is 18.2 Å². The van der Waals surface area contributed by atoms with E-state index in [-0.39, 0.29) is 18.4 Å². The molecule has 19 heavy (non-hydrogen) atoms. The average Bonchev–Trinajstić information content (AvgIpc) is 2.65. The van der Waals surface area contributed by atoms with Crippen LogP contribution in [0.4, 0.5) is 5.69 Å². The zero-order valence-corrected chi connectivity index (χ0v) is 11.0. The van der Waals surface area contributed by atoms with Crippen molar-refractivity contribution in [3.63, 3.8) is 0 Å². The van der Waals surface area contributed by atoms with Crippen molar-refractivity contribution >= 4 is 17.5 Å². The Morgan fingerprint density at radius 2 is 2.26 bits per heavy atom. The number of hydrazine groups is 1. The Bertz CT molecular complexity index is 502. The third-order valence-electron chi connectivity index (χ3n) is 2.99. The Morgan fingerprint density at radius 3 is 3.00 bits per heavy atom. The van der Waals surface area contributed by atoms with Gasteiger partial charge in [0, 0.05) is 19.8 Å². The van der Waals surface area contributed by atoms with Crippen LogP contribution in [0.5, 0.6) is 0 Å². The van der Waals surface area contributed by atoms with Gasteiger partial charge in [0.1, 0.15) is 6.61 Å². The zero-order valence-electron chi connectivity index (χ0n) is 11.0. The minimum Gasteiger partial charge on any atom is -0.367 e. The van der Waals surface area contributed by atoms with Gasteiger partial charge in [-0.2, -0.15) is 0 Å². The second-order valence-electron chi connectivity index (χ2n) is 4.38. The van der Waals surface area contributed by atoms with Gasteiger partial charge in [-0.25, -0.2) is 5.43 Å². The van der Waals surface area contributed by atoms with Gasteiger partial charge in [0.25, 0.3) is 5.91 Å². The van der Waals surface area contributed by atoms with Gasteiger partial charge < -0.3 is 9.64 Å². The van der Waals surface area contributed by atoms with Crippen LogP contribution >= 0.6 is 0 Å². The number of fused-ring (bicyclic) bond motifs is 1. The van der Waals surface area contributed by atoms with E-state index in [1.54, 1.807) is 19.0 Å². The number of ether oxygens (including phenoxy) is 1. The molecule has 0 fully saturated rings. The molecule has 1 aliphatic heterocycles. The molecule has 0 atom stereocenters. The number of anilines is 1. The fourth-order valence-electron chi connectivity index (χ4n) is 2.05. The number of nitrogens with one attached hydrogen (secondary N) is 2. The number of hydrogen-bond donors (Lipinski definition) is 2. The third-order valence-corrected chi connectivity index (χ3v) is 2.99. The molecule has 0 aromatic heterocycles. The molecule has 0 unspecified atom stereocenters. The summed E-state index contributed by atoms with van der Waals surface area (Å²) in [6, 6.07) is 5.77. The fourth-order valence-corrected chi connectivity index (χ4v) is 2.05. The first-order valence-corrected chi connectivity index (χ1v) is 6.03. The zero-order chi connectivity index (χ0) is 13.8. The summed E-state index contributed by atoms with van der Waals surface area (Å²) >= 11 is 0. The first-order chi connectivity index (χ1) is 9.11. The molecule has 0 saturated heterocycles. The molecule has 6 nitrogen and oxygen atoms in total. The van der Waals surface area contributed by atoms with Crippen LogP contribution in [0.25, 0.3) is 0 Å². The molecule has 1 heterocycles. The van der Waals surface area contributed by atoms with Crippen molar-refractivity contribution in [2.24, 2.45) is 0 Å². The maximum atomic E-state index is 11.6. The van der Waals surface area contributed by atoms with Crippen LogP contribution in [0.15, 0.2) is 18.2 Å². The van der Waals surface area contributed by atoms with Crippen LogP contribution in [0.3, 0.4) is 0 Å². The molecule has 102 valence electrons. The lowest BCUT2D eigenvalue weighted by Gasteiger charge is -2.10. The minimum absolute atomic E-state index is 0.00322. The first-order valence-electron chi connectivity index (χ1n) is 6.03. The lowest BCUT2D eigenvalue weighted by atomic mass is 10.1. The molecule has 0 radical (unpaired) electrons. The van der Waals surface area contributed by atoms with Gasteiger partial charge in [-0.3, -0.25) is 15.0 Å². The second kappa shape index (κ2) is 5.81. The number of benzene rings is 1. The maximum Gasteiger partial charge on any atom is 0.260 e. The summed E-state index contributed by atoms with van der Waals surface area (Å²) in [6.45, 7) is 0.346. The smallest absolute Gasteiger partial charge is 0.260 e. The summed E-state index contributed by atoms with van der Waals surface area (Å²) in [6.07, 6.45) is 0.430. The standard InChI is InChI=1S/C13H17N3O3/c1-14-15-12(17)8-19-7-9-3-4-11-10(5-9)6-13(18)16(11)2/h3-5,14H,6-8H2,1-2H3,(H,15,17). The number of nitrogens with zero attached hydrogens (tertiary/aromatic N) is 1. The topological polar surface area (TPSA) is 70.7 Å². The van der Waals surface area contributed by atoms with Gasteiger partial charge in [0.2, 0.25) is 5.91 Å². The number of hydrogen-bond acceptors (Lipinski definition) is 4. The molecule has 1 aliphatic rings. The molecule has 0 spiro atoms. The van der Waals surface area contributed by atoms with Crippen molar-refractivity contribution in [2.75, 3.05) is 25.6 Å². The molecule has 1 aromatic rings. The van der Waals surface area contributed by atoms with Crippen LogP contribution in [0, 0.1) is 0 Å². The summed E-state index contributed by atoms with van der Waals surface area (Å²) in [5.74, 6) is -0.125. The van der Waals surface area contributed by atoms with E-state index >= 15 is 0 Å². The highest BCUT2D eigenvalue weighted by molar-refractivity contribution is 6.00. The van der Waals surface area contributed by atoms with E-state index in [0.29, 0.717) is 13.0 Å². The van der Waals surface area contributed by atoms with Gasteiger partial charge >= 0.3 is 0 Å². The van der Waals surface area contributed by atoms with E-state index in [4.69, 9.17) is 4.74 Å². The molecular weight excluding hydrogens is 246 g/mol. The number of amides is 2. The van der Waals surface area contributed by atoms with Crippen molar-refractivity contribution in [2.45, 2.75) is 13.0 Å². The van der Waals surface area contributed by atoms with Crippen LogP contribution in [0.1, 0.15) is 11.1 Å². The molecule has 0 bridgehead atoms. The molecule has 2 rings (SSSR count). The van der Waals surface area contributed by atoms with Crippen molar-refractivity contribution in [1.29, 1.82) is 0 Å². The second-order valence-corrected chi connectivity index (χ2v) is 4.38. The van der Waals surface area contributed by atoms with Gasteiger partial charge in [-0.15, -0.1) is 0 Å². The summed E-state index contributed by atoms with van der Waals surface area (Å²) in [7, 11) is 3.39. The number of likely N-dealkylation sites (N-methyl/N-ethyl adjacent to an activating group) is 1. The first kappa shape index (κ1) is 13.5. The monoisotopic (exact) mass is 263 g/mol. The largest absolute Gasteiger partial charge is 0.367 e. The van der Waals surface area contributed by atoms with Crippen molar-refractivity contribution < 1.29 is 14.3 Å². The Morgan fingerprint density at radius 1 is 1.47 bits per heavy atom. The van der Waals surface area contributed by atoms with Crippen LogP contribution in [-0.2, 0) is 27.4 Å². The SMILES string of the molecule is CNNC(=O)COCc1ccc2c(c1)CC(=O)N2C. The van der Waals surface area contributed by atoms with Crippen LogP contribution in [-0.4, -0.2) is 32.5 Å². The molecule has 1 aromatic carbocycles. The molecule has 6 heteroatoms. The predicted octanol–water partition coefficient (Wildman–Crippen LogP) is -0.0273. The van der Waals surface area contributed by atoms with E-state index < -0.39 is 0 Å². The summed E-state index contributed by atoms with van der Waals surface area (Å²) in [5.41, 5.74) is 7.87. The predicted molar refractivity (Wildman–Crippen MR) is 70.4 cm³/mol. The van der Waals surface area contributed by atoms with Crippen molar-refractivity contribution in [3.8, 4) is 0 Å². The fraction of sp³-hybridized carbons (Fsp3) is 0.385. The Labute approximate surface area is 111 Å². The van der Waals surface area contributed by atoms with E-state index in [0.717, 1.165) is 16.8 Å². The van der Waals surface area contributed by atoms with Gasteiger partial charge in [0.05, 0.1) is 13.0 Å². The van der Waals surface area contributed by atoms with Crippen LogP contribution < -0.4 is 15.8 Å². The van der Waals surface area contributed by atoms with Gasteiger partial charge in [0.15, 0.2) is 0 Å². The highest BCUT2D eigenvalue weighted by Crippen LogP contribution is 2.28. The van der Waals surface area contributed by atoms with E-state index in [1.165, 1.54) is 0 Å². The van der Waals surface area contributed by atoms with Crippen molar-refractivity contribution in [1.82, 2.24) is 10.9 Å². The van der Waals surface area contributed by atoms with Crippen molar-refractivity contribution in [3.05, 3.63) is 29.3 Å². The molecule has 0 saturated carbocycles. The maximum absolute atomic E-state index is 11.6. The van der Waals surface area contributed by atoms with Crippen LogP contribution in [0.2, 0.25) is 0 Å². The highest BCUT2D eigenvalue weighted by atomic mass is 16.5. The minimum atomic E-state index is -0.224. The molecule has 2 N–H and O–H groups in total. The quantitative estimate of drug-likeness (QED) is 0.732. The molecule has 2 amide bonds. The van der Waals surface area contributed by atoms with Gasteiger partial charge in [-0.05, 0) is 17.2 Å².